The van der Waals surface area contributed by atoms with E-state index in [2.05, 4.69) is 57.9 Å². The van der Waals surface area contributed by atoms with E-state index in [1.165, 1.54) is 17.5 Å². The van der Waals surface area contributed by atoms with Crippen LogP contribution < -0.4 is 5.73 Å². The summed E-state index contributed by atoms with van der Waals surface area (Å²) in [5.74, 6) is 2.00. The summed E-state index contributed by atoms with van der Waals surface area (Å²) in [6, 6.07) is 21.0. The maximum absolute atomic E-state index is 6.77. The molecule has 6 rings (SSSR count). The number of halogens is 1. The Morgan fingerprint density at radius 1 is 0.935 bits per heavy atom. The highest BCUT2D eigenvalue weighted by Crippen LogP contribution is 2.41. The first-order valence-corrected chi connectivity index (χ1v) is 11.0. The molecule has 5 aromatic rings. The highest BCUT2D eigenvalue weighted by molar-refractivity contribution is 6.34. The van der Waals surface area contributed by atoms with Gasteiger partial charge in [0.15, 0.2) is 0 Å². The van der Waals surface area contributed by atoms with Crippen LogP contribution in [0.4, 0.5) is 5.82 Å². The smallest absolute Gasteiger partial charge is 0.150 e. The number of benzene rings is 3. The molecule has 1 aliphatic carbocycles. The van der Waals surface area contributed by atoms with Crippen molar-refractivity contribution in [2.24, 2.45) is 0 Å². The minimum atomic E-state index is 0.465. The summed E-state index contributed by atoms with van der Waals surface area (Å²) >= 11 is 6.77. The molecule has 0 radical (unpaired) electrons. The fourth-order valence-electron chi connectivity index (χ4n) is 4.49. The molecular formula is C26H21ClN4. The first-order valence-electron chi connectivity index (χ1n) is 10.6. The van der Waals surface area contributed by atoms with Crippen molar-refractivity contribution in [2.75, 3.05) is 5.73 Å². The molecule has 0 atom stereocenters. The lowest BCUT2D eigenvalue weighted by atomic mass is 9.85. The number of hydrogen-bond acceptors (Lipinski definition) is 3. The molecule has 0 saturated heterocycles. The Hall–Kier alpha value is -3.37. The topological polar surface area (TPSA) is 56.2 Å². The van der Waals surface area contributed by atoms with E-state index in [0.717, 1.165) is 46.2 Å². The summed E-state index contributed by atoms with van der Waals surface area (Å²) in [5.41, 5.74) is 11.2. The normalized spacial score (nSPS) is 14.2. The Morgan fingerprint density at radius 3 is 2.55 bits per heavy atom. The summed E-state index contributed by atoms with van der Waals surface area (Å²) in [6.45, 7) is 0. The van der Waals surface area contributed by atoms with Crippen molar-refractivity contribution in [1.82, 2.24) is 14.4 Å². The number of fused-ring (bicyclic) bond motifs is 2. The van der Waals surface area contributed by atoms with Crippen LogP contribution in [0.2, 0.25) is 5.02 Å². The maximum atomic E-state index is 6.77. The van der Waals surface area contributed by atoms with E-state index >= 15 is 0 Å². The van der Waals surface area contributed by atoms with Gasteiger partial charge in [-0.15, -0.1) is 0 Å². The molecule has 152 valence electrons. The second-order valence-corrected chi connectivity index (χ2v) is 8.64. The molecule has 0 aliphatic heterocycles. The van der Waals surface area contributed by atoms with Crippen LogP contribution in [-0.4, -0.2) is 14.4 Å². The lowest BCUT2D eigenvalue weighted by Gasteiger charge is -2.23. The van der Waals surface area contributed by atoms with Crippen LogP contribution >= 0.6 is 11.6 Å². The van der Waals surface area contributed by atoms with Crippen molar-refractivity contribution in [2.45, 2.75) is 25.2 Å². The van der Waals surface area contributed by atoms with Gasteiger partial charge < -0.3 is 5.73 Å². The van der Waals surface area contributed by atoms with Crippen LogP contribution in [0.5, 0.6) is 0 Å². The van der Waals surface area contributed by atoms with E-state index < -0.39 is 0 Å². The van der Waals surface area contributed by atoms with Crippen LogP contribution in [0.15, 0.2) is 73.1 Å². The molecule has 0 spiro atoms. The summed E-state index contributed by atoms with van der Waals surface area (Å²) in [6.07, 6.45) is 7.26. The SMILES string of the molecule is Nc1nccn2c(C3CCC3)nc(-c3cc4cc(-c5ccccc5)ccc4cc3Cl)c12. The van der Waals surface area contributed by atoms with Gasteiger partial charge in [-0.1, -0.05) is 60.5 Å². The Bertz CT molecular complexity index is 1430. The molecule has 0 bridgehead atoms. The highest BCUT2D eigenvalue weighted by atomic mass is 35.5. The van der Waals surface area contributed by atoms with Crippen molar-refractivity contribution < 1.29 is 0 Å². The zero-order valence-electron chi connectivity index (χ0n) is 16.9. The number of nitrogens with zero attached hydrogens (tertiary/aromatic N) is 3. The molecule has 4 nitrogen and oxygen atoms in total. The van der Waals surface area contributed by atoms with Gasteiger partial charge in [0.05, 0.1) is 5.02 Å². The number of anilines is 1. The third-order valence-electron chi connectivity index (χ3n) is 6.37. The lowest BCUT2D eigenvalue weighted by molar-refractivity contribution is 0.400. The van der Waals surface area contributed by atoms with Crippen LogP contribution in [0.1, 0.15) is 31.0 Å². The number of rotatable bonds is 3. The van der Waals surface area contributed by atoms with Crippen molar-refractivity contribution in [3.63, 3.8) is 0 Å². The molecule has 31 heavy (non-hydrogen) atoms. The first kappa shape index (κ1) is 18.4. The molecule has 2 aromatic heterocycles. The molecule has 2 N–H and O–H groups in total. The van der Waals surface area contributed by atoms with Crippen molar-refractivity contribution in [1.29, 1.82) is 0 Å². The fourth-order valence-corrected chi connectivity index (χ4v) is 4.75. The fraction of sp³-hybridized carbons (Fsp3) is 0.154. The van der Waals surface area contributed by atoms with Gasteiger partial charge in [0.25, 0.3) is 0 Å². The molecule has 1 saturated carbocycles. The van der Waals surface area contributed by atoms with Crippen molar-refractivity contribution in [3.8, 4) is 22.4 Å². The first-order chi connectivity index (χ1) is 15.2. The Morgan fingerprint density at radius 2 is 1.77 bits per heavy atom. The number of nitrogen functional groups attached to an aromatic ring is 1. The number of imidazole rings is 1. The van der Waals surface area contributed by atoms with E-state index in [4.69, 9.17) is 22.3 Å². The molecule has 3 aromatic carbocycles. The Balaban J connectivity index is 1.57. The number of hydrogen-bond donors (Lipinski definition) is 1. The minimum absolute atomic E-state index is 0.465. The van der Waals surface area contributed by atoms with Crippen LogP contribution in [0.3, 0.4) is 0 Å². The summed E-state index contributed by atoms with van der Waals surface area (Å²) in [5, 5.41) is 2.89. The van der Waals surface area contributed by atoms with Gasteiger partial charge in [0.1, 0.15) is 22.9 Å². The molecule has 1 fully saturated rings. The standard InChI is InChI=1S/C26H21ClN4/c27-22-15-19-10-9-18(16-5-2-1-3-6-16)13-20(19)14-21(22)23-24-25(28)29-11-12-31(24)26(30-23)17-7-4-8-17/h1-3,5-6,9-15,17H,4,7-8H2,(H2,28,29). The Labute approximate surface area is 185 Å². The van der Waals surface area contributed by atoms with Gasteiger partial charge in [-0.25, -0.2) is 9.97 Å². The molecule has 0 amide bonds. The largest absolute Gasteiger partial charge is 0.382 e. The summed E-state index contributed by atoms with van der Waals surface area (Å²) < 4.78 is 2.10. The van der Waals surface area contributed by atoms with E-state index in [-0.39, 0.29) is 0 Å². The quantitative estimate of drug-likeness (QED) is 0.349. The predicted molar refractivity (Wildman–Crippen MR) is 127 cm³/mol. The minimum Gasteiger partial charge on any atom is -0.382 e. The number of aromatic nitrogens is 3. The van der Waals surface area contributed by atoms with E-state index in [1.807, 2.05) is 18.3 Å². The molecule has 2 heterocycles. The molecule has 1 aliphatic rings. The second-order valence-electron chi connectivity index (χ2n) is 8.24. The average molecular weight is 425 g/mol. The zero-order valence-corrected chi connectivity index (χ0v) is 17.7. The van der Waals surface area contributed by atoms with E-state index in [9.17, 15) is 0 Å². The zero-order chi connectivity index (χ0) is 20.9. The van der Waals surface area contributed by atoms with Gasteiger partial charge in [-0.2, -0.15) is 0 Å². The van der Waals surface area contributed by atoms with E-state index in [0.29, 0.717) is 16.8 Å². The molecule has 5 heteroatoms. The van der Waals surface area contributed by atoms with Gasteiger partial charge in [0.2, 0.25) is 0 Å². The highest BCUT2D eigenvalue weighted by Gasteiger charge is 2.27. The van der Waals surface area contributed by atoms with Crippen molar-refractivity contribution in [3.05, 3.63) is 83.9 Å². The molecule has 0 unspecified atom stereocenters. The predicted octanol–water partition coefficient (Wildman–Crippen LogP) is 6.72. The van der Waals surface area contributed by atoms with Gasteiger partial charge in [-0.05, 0) is 52.9 Å². The third-order valence-corrected chi connectivity index (χ3v) is 6.68. The third kappa shape index (κ3) is 2.98. The van der Waals surface area contributed by atoms with Gasteiger partial charge >= 0.3 is 0 Å². The van der Waals surface area contributed by atoms with Crippen molar-refractivity contribution >= 4 is 33.7 Å². The maximum Gasteiger partial charge on any atom is 0.150 e. The second kappa shape index (κ2) is 7.10. The average Bonchev–Trinajstić information content (AvgIpc) is 3.12. The molecular weight excluding hydrogens is 404 g/mol. The van der Waals surface area contributed by atoms with Crippen LogP contribution in [-0.2, 0) is 0 Å². The van der Waals surface area contributed by atoms with Gasteiger partial charge in [0, 0.05) is 23.9 Å². The Kier molecular flexibility index (Phi) is 4.22. The monoisotopic (exact) mass is 424 g/mol. The van der Waals surface area contributed by atoms with Gasteiger partial charge in [-0.3, -0.25) is 4.40 Å². The lowest BCUT2D eigenvalue weighted by Crippen LogP contribution is -2.12. The van der Waals surface area contributed by atoms with Crippen LogP contribution in [0, 0.1) is 0 Å². The number of nitrogens with two attached hydrogens (primary N) is 1. The van der Waals surface area contributed by atoms with E-state index in [1.54, 1.807) is 6.20 Å². The summed E-state index contributed by atoms with van der Waals surface area (Å²) in [4.78, 5) is 9.38. The van der Waals surface area contributed by atoms with Crippen LogP contribution in [0.25, 0.3) is 38.7 Å². The summed E-state index contributed by atoms with van der Waals surface area (Å²) in [7, 11) is 0.